The lowest BCUT2D eigenvalue weighted by Gasteiger charge is -2.09. The Kier molecular flexibility index (Phi) is 4.67. The van der Waals surface area contributed by atoms with E-state index in [1.54, 1.807) is 0 Å². The molecule has 0 aliphatic carbocycles. The number of Topliss-reactive ketones (excluding diaryl/α,β-unsaturated/α-hetero) is 1. The molecule has 0 N–H and O–H groups in total. The van der Waals surface area contributed by atoms with Crippen LogP contribution in [-0.4, -0.2) is 15.2 Å². The van der Waals surface area contributed by atoms with Gasteiger partial charge in [-0.2, -0.15) is 0 Å². The summed E-state index contributed by atoms with van der Waals surface area (Å²) < 4.78 is 12.9. The molecule has 4 heteroatoms. The van der Waals surface area contributed by atoms with Crippen molar-refractivity contribution in [3.63, 3.8) is 0 Å². The average Bonchev–Trinajstić information content (AvgIpc) is 2.17. The van der Waals surface area contributed by atoms with Crippen molar-refractivity contribution in [3.05, 3.63) is 28.7 Å². The van der Waals surface area contributed by atoms with E-state index < -0.39 is 10.8 Å². The molecule has 2 unspecified atom stereocenters. The molecule has 15 heavy (non-hydrogen) atoms. The Hall–Kier alpha value is -0.480. The first kappa shape index (κ1) is 12.6. The van der Waals surface area contributed by atoms with Crippen LogP contribution in [0.25, 0.3) is 0 Å². The number of hydrogen-bond acceptors (Lipinski definition) is 2. The maximum Gasteiger partial charge on any atom is 0.131 e. The second kappa shape index (κ2) is 5.56. The first-order valence-corrected chi connectivity index (χ1v) is 6.67. The van der Waals surface area contributed by atoms with Gasteiger partial charge in [-0.3, -0.25) is 9.00 Å². The van der Waals surface area contributed by atoms with Gasteiger partial charge in [-0.25, -0.2) is 0 Å². The maximum absolute atomic E-state index is 11.9. The van der Waals surface area contributed by atoms with Gasteiger partial charge in [-0.05, 0) is 31.2 Å². The van der Waals surface area contributed by atoms with Crippen LogP contribution in [0.5, 0.6) is 0 Å². The Morgan fingerprint density at radius 2 is 1.93 bits per heavy atom. The highest BCUT2D eigenvalue weighted by Crippen LogP contribution is 2.17. The second-order valence-corrected chi connectivity index (χ2v) is 6.25. The SMILES string of the molecule is CC(=O)CC(C)S(=O)c1ccc(Br)cc1. The zero-order valence-corrected chi connectivity index (χ0v) is 11.1. The third kappa shape index (κ3) is 3.87. The Morgan fingerprint density at radius 3 is 2.40 bits per heavy atom. The van der Waals surface area contributed by atoms with E-state index in [-0.39, 0.29) is 11.0 Å². The fraction of sp³-hybridized carbons (Fsp3) is 0.364. The maximum atomic E-state index is 11.9. The summed E-state index contributed by atoms with van der Waals surface area (Å²) >= 11 is 3.32. The van der Waals surface area contributed by atoms with Crippen LogP contribution in [0.3, 0.4) is 0 Å². The van der Waals surface area contributed by atoms with Crippen LogP contribution in [0.2, 0.25) is 0 Å². The number of carbonyl (C=O) groups is 1. The molecule has 0 saturated carbocycles. The fourth-order valence-corrected chi connectivity index (χ4v) is 2.80. The quantitative estimate of drug-likeness (QED) is 0.854. The third-order valence-electron chi connectivity index (χ3n) is 1.99. The molecule has 1 rings (SSSR count). The first-order valence-electron chi connectivity index (χ1n) is 4.66. The number of benzene rings is 1. The van der Waals surface area contributed by atoms with Gasteiger partial charge in [0, 0.05) is 21.0 Å². The summed E-state index contributed by atoms with van der Waals surface area (Å²) in [5.74, 6) is 0.0768. The molecular weight excluding hydrogens is 276 g/mol. The van der Waals surface area contributed by atoms with Crippen LogP contribution in [-0.2, 0) is 15.6 Å². The van der Waals surface area contributed by atoms with Crippen LogP contribution in [0.4, 0.5) is 0 Å². The highest BCUT2D eigenvalue weighted by molar-refractivity contribution is 9.10. The molecule has 0 saturated heterocycles. The summed E-state index contributed by atoms with van der Waals surface area (Å²) in [6, 6.07) is 7.34. The Labute approximate surface area is 101 Å². The van der Waals surface area contributed by atoms with E-state index in [4.69, 9.17) is 0 Å². The number of carbonyl (C=O) groups excluding carboxylic acids is 1. The van der Waals surface area contributed by atoms with Gasteiger partial charge >= 0.3 is 0 Å². The first-order chi connectivity index (χ1) is 7.00. The lowest BCUT2D eigenvalue weighted by Crippen LogP contribution is -2.14. The molecule has 2 nitrogen and oxygen atoms in total. The van der Waals surface area contributed by atoms with Crippen molar-refractivity contribution in [1.29, 1.82) is 0 Å². The van der Waals surface area contributed by atoms with Gasteiger partial charge in [0.25, 0.3) is 0 Å². The highest BCUT2D eigenvalue weighted by Gasteiger charge is 2.14. The molecule has 0 radical (unpaired) electrons. The number of rotatable bonds is 4. The fourth-order valence-electron chi connectivity index (χ4n) is 1.28. The monoisotopic (exact) mass is 288 g/mol. The van der Waals surface area contributed by atoms with Crippen molar-refractivity contribution in [1.82, 2.24) is 0 Å². The number of ketones is 1. The summed E-state index contributed by atoms with van der Waals surface area (Å²) in [7, 11) is -1.10. The molecule has 0 aliphatic heterocycles. The van der Waals surface area contributed by atoms with Crippen LogP contribution in [0.15, 0.2) is 33.6 Å². The van der Waals surface area contributed by atoms with E-state index in [1.165, 1.54) is 6.92 Å². The molecule has 0 aromatic heterocycles. The largest absolute Gasteiger partial charge is 0.300 e. The molecule has 0 heterocycles. The molecule has 82 valence electrons. The Balaban J connectivity index is 2.76. The van der Waals surface area contributed by atoms with Gasteiger partial charge in [-0.1, -0.05) is 22.9 Å². The molecule has 1 aromatic rings. The lowest BCUT2D eigenvalue weighted by atomic mass is 10.2. The predicted octanol–water partition coefficient (Wildman–Crippen LogP) is 2.92. The predicted molar refractivity (Wildman–Crippen MR) is 65.3 cm³/mol. The molecule has 0 spiro atoms. The summed E-state index contributed by atoms with van der Waals surface area (Å²) in [5.41, 5.74) is 0. The van der Waals surface area contributed by atoms with Crippen molar-refractivity contribution < 1.29 is 9.00 Å². The molecule has 0 bridgehead atoms. The molecule has 1 aromatic carbocycles. The van der Waals surface area contributed by atoms with Gasteiger partial charge in [0.05, 0.1) is 10.8 Å². The third-order valence-corrected chi connectivity index (χ3v) is 4.15. The average molecular weight is 289 g/mol. The Bertz CT molecular complexity index is 373. The lowest BCUT2D eigenvalue weighted by molar-refractivity contribution is -0.116. The normalized spacial score (nSPS) is 14.6. The zero-order chi connectivity index (χ0) is 11.4. The van der Waals surface area contributed by atoms with Crippen molar-refractivity contribution in [2.75, 3.05) is 0 Å². The zero-order valence-electron chi connectivity index (χ0n) is 8.70. The topological polar surface area (TPSA) is 34.1 Å². The summed E-state index contributed by atoms with van der Waals surface area (Å²) in [5, 5.41) is -0.122. The van der Waals surface area contributed by atoms with E-state index >= 15 is 0 Å². The second-order valence-electron chi connectivity index (χ2n) is 3.47. The molecule has 0 amide bonds. The summed E-state index contributed by atoms with van der Waals surface area (Å²) in [6.45, 7) is 3.36. The molecule has 0 fully saturated rings. The molecule has 2 atom stereocenters. The van der Waals surface area contributed by atoms with E-state index in [0.29, 0.717) is 6.42 Å². The van der Waals surface area contributed by atoms with Crippen molar-refractivity contribution in [3.8, 4) is 0 Å². The minimum atomic E-state index is -1.10. The van der Waals surface area contributed by atoms with Crippen LogP contribution < -0.4 is 0 Å². The van der Waals surface area contributed by atoms with Crippen LogP contribution >= 0.6 is 15.9 Å². The number of halogens is 1. The van der Waals surface area contributed by atoms with Gasteiger partial charge in [0.1, 0.15) is 5.78 Å². The highest BCUT2D eigenvalue weighted by atomic mass is 79.9. The minimum absolute atomic E-state index is 0.0768. The van der Waals surface area contributed by atoms with Gasteiger partial charge in [0.2, 0.25) is 0 Å². The van der Waals surface area contributed by atoms with E-state index in [1.807, 2.05) is 31.2 Å². The number of hydrogen-bond donors (Lipinski definition) is 0. The Morgan fingerprint density at radius 1 is 1.40 bits per heavy atom. The molecular formula is C11H13BrO2S. The smallest absolute Gasteiger partial charge is 0.131 e. The standard InChI is InChI=1S/C11H13BrO2S/c1-8(13)7-9(2)15(14)11-5-3-10(12)4-6-11/h3-6,9H,7H2,1-2H3. The van der Waals surface area contributed by atoms with Gasteiger partial charge in [0.15, 0.2) is 0 Å². The van der Waals surface area contributed by atoms with E-state index in [2.05, 4.69) is 15.9 Å². The summed E-state index contributed by atoms with van der Waals surface area (Å²) in [6.07, 6.45) is 0.364. The van der Waals surface area contributed by atoms with Crippen molar-refractivity contribution in [2.45, 2.75) is 30.4 Å². The van der Waals surface area contributed by atoms with Crippen molar-refractivity contribution >= 4 is 32.5 Å². The summed E-state index contributed by atoms with van der Waals surface area (Å²) in [4.78, 5) is 11.7. The minimum Gasteiger partial charge on any atom is -0.300 e. The van der Waals surface area contributed by atoms with E-state index in [0.717, 1.165) is 9.37 Å². The van der Waals surface area contributed by atoms with Crippen LogP contribution in [0, 0.1) is 0 Å². The molecule has 0 aliphatic rings. The van der Waals surface area contributed by atoms with Crippen LogP contribution in [0.1, 0.15) is 20.3 Å². The van der Waals surface area contributed by atoms with Crippen molar-refractivity contribution in [2.24, 2.45) is 0 Å². The van der Waals surface area contributed by atoms with Gasteiger partial charge < -0.3 is 0 Å². The van der Waals surface area contributed by atoms with E-state index in [9.17, 15) is 9.00 Å². The van der Waals surface area contributed by atoms with Gasteiger partial charge in [-0.15, -0.1) is 0 Å².